The zero-order valence-corrected chi connectivity index (χ0v) is 11.5. The number of nitro benzene ring substituents is 1. The van der Waals surface area contributed by atoms with Gasteiger partial charge in [0.2, 0.25) is 10.0 Å². The maximum Gasteiger partial charge on any atom is 0.270 e. The minimum atomic E-state index is -3.75. The van der Waals surface area contributed by atoms with Crippen LogP contribution >= 0.6 is 0 Å². The quantitative estimate of drug-likeness (QED) is 0.593. The summed E-state index contributed by atoms with van der Waals surface area (Å²) in [7, 11) is -4.73. The van der Waals surface area contributed by atoms with Crippen molar-refractivity contribution in [3.63, 3.8) is 0 Å². The van der Waals surface area contributed by atoms with Crippen molar-refractivity contribution in [1.29, 1.82) is 0 Å². The molecule has 1 fully saturated rings. The number of nitro groups is 1. The summed E-state index contributed by atoms with van der Waals surface area (Å²) in [6.45, 7) is 0.356. The molecule has 104 valence electrons. The highest BCUT2D eigenvalue weighted by Gasteiger charge is 2.28. The smallest absolute Gasteiger partial charge is 0.259 e. The third-order valence-electron chi connectivity index (χ3n) is 2.80. The van der Waals surface area contributed by atoms with E-state index in [0.29, 0.717) is 11.5 Å². The van der Waals surface area contributed by atoms with Crippen LogP contribution < -0.4 is 0 Å². The molecule has 9 heteroatoms. The van der Waals surface area contributed by atoms with Crippen molar-refractivity contribution in [1.82, 2.24) is 4.31 Å². The van der Waals surface area contributed by atoms with E-state index >= 15 is 0 Å². The first-order valence-corrected chi connectivity index (χ1v) is 8.43. The third-order valence-corrected chi connectivity index (χ3v) is 5.97. The summed E-state index contributed by atoms with van der Waals surface area (Å²) in [4.78, 5) is 9.92. The average molecular weight is 304 g/mol. The zero-order chi connectivity index (χ0) is 14.0. The summed E-state index contributed by atoms with van der Waals surface area (Å²) in [6, 6.07) is 4.95. The first-order chi connectivity index (χ1) is 8.91. The van der Waals surface area contributed by atoms with E-state index in [9.17, 15) is 22.7 Å². The Bertz CT molecular complexity index is 619. The third kappa shape index (κ3) is 2.99. The minimum Gasteiger partial charge on any atom is -0.259 e. The summed E-state index contributed by atoms with van der Waals surface area (Å²) in [5, 5.41) is 10.7. The molecule has 0 unspecified atom stereocenters. The monoisotopic (exact) mass is 304 g/mol. The Labute approximate surface area is 112 Å². The van der Waals surface area contributed by atoms with Crippen molar-refractivity contribution < 1.29 is 17.6 Å². The molecule has 1 aliphatic heterocycles. The van der Waals surface area contributed by atoms with E-state index in [0.717, 1.165) is 6.07 Å². The fourth-order valence-corrected chi connectivity index (χ4v) is 4.53. The predicted molar refractivity (Wildman–Crippen MR) is 69.7 cm³/mol. The number of rotatable bonds is 3. The van der Waals surface area contributed by atoms with Crippen LogP contribution in [0, 0.1) is 10.1 Å². The summed E-state index contributed by atoms with van der Waals surface area (Å²) in [5.74, 6) is 0.600. The highest BCUT2D eigenvalue weighted by Crippen LogP contribution is 2.21. The summed E-state index contributed by atoms with van der Waals surface area (Å²) in [6.07, 6.45) is 0. The van der Waals surface area contributed by atoms with Crippen molar-refractivity contribution in [3.05, 3.63) is 34.4 Å². The second-order valence-corrected chi connectivity index (χ2v) is 7.64. The van der Waals surface area contributed by atoms with Gasteiger partial charge in [-0.25, -0.2) is 8.42 Å². The molecular weight excluding hydrogens is 292 g/mol. The standard InChI is InChI=1S/C10H12N2O5S2/c13-12(14)9-2-1-3-10(8-9)19(16,17)11-4-6-18(15)7-5-11/h1-3,8H,4-7H2. The van der Waals surface area contributed by atoms with Gasteiger partial charge in [0, 0.05) is 47.5 Å². The number of sulfonamides is 1. The summed E-state index contributed by atoms with van der Waals surface area (Å²) >= 11 is 0. The molecule has 1 aromatic rings. The lowest BCUT2D eigenvalue weighted by Gasteiger charge is -2.25. The number of benzene rings is 1. The minimum absolute atomic E-state index is 0.102. The Balaban J connectivity index is 2.31. The van der Waals surface area contributed by atoms with E-state index in [1.54, 1.807) is 0 Å². The van der Waals surface area contributed by atoms with Gasteiger partial charge < -0.3 is 0 Å². The highest BCUT2D eigenvalue weighted by molar-refractivity contribution is 7.89. The molecule has 0 amide bonds. The molecule has 7 nitrogen and oxygen atoms in total. The molecule has 0 bridgehead atoms. The van der Waals surface area contributed by atoms with Crippen molar-refractivity contribution in [2.45, 2.75) is 4.90 Å². The van der Waals surface area contributed by atoms with E-state index in [-0.39, 0.29) is 23.7 Å². The largest absolute Gasteiger partial charge is 0.270 e. The van der Waals surface area contributed by atoms with Crippen LogP contribution in [0.25, 0.3) is 0 Å². The average Bonchev–Trinajstić information content (AvgIpc) is 2.39. The number of non-ortho nitro benzene ring substituents is 1. The van der Waals surface area contributed by atoms with E-state index in [2.05, 4.69) is 0 Å². The first-order valence-electron chi connectivity index (χ1n) is 5.51. The maximum absolute atomic E-state index is 12.3. The molecule has 1 aliphatic rings. The van der Waals surface area contributed by atoms with E-state index in [1.807, 2.05) is 0 Å². The van der Waals surface area contributed by atoms with Gasteiger partial charge >= 0.3 is 0 Å². The molecule has 0 aliphatic carbocycles. The van der Waals surface area contributed by atoms with Gasteiger partial charge in [0.25, 0.3) is 5.69 Å². The molecule has 0 atom stereocenters. The van der Waals surface area contributed by atoms with Gasteiger partial charge in [0.15, 0.2) is 0 Å². The second kappa shape index (κ2) is 5.35. The van der Waals surface area contributed by atoms with Crippen molar-refractivity contribution in [3.8, 4) is 0 Å². The fraction of sp³-hybridized carbons (Fsp3) is 0.400. The van der Waals surface area contributed by atoms with Crippen molar-refractivity contribution in [2.75, 3.05) is 24.6 Å². The van der Waals surface area contributed by atoms with Gasteiger partial charge in [-0.05, 0) is 6.07 Å². The molecule has 0 N–H and O–H groups in total. The van der Waals surface area contributed by atoms with Crippen LogP contribution in [0.3, 0.4) is 0 Å². The number of hydrogen-bond donors (Lipinski definition) is 0. The van der Waals surface area contributed by atoms with Gasteiger partial charge in [0.05, 0.1) is 9.82 Å². The first kappa shape index (κ1) is 14.1. The van der Waals surface area contributed by atoms with E-state index in [1.165, 1.54) is 22.5 Å². The highest BCUT2D eigenvalue weighted by atomic mass is 32.2. The van der Waals surface area contributed by atoms with Gasteiger partial charge in [-0.2, -0.15) is 4.31 Å². The van der Waals surface area contributed by atoms with Crippen LogP contribution in [0.5, 0.6) is 0 Å². The summed E-state index contributed by atoms with van der Waals surface area (Å²) in [5.41, 5.74) is -0.262. The lowest BCUT2D eigenvalue weighted by Crippen LogP contribution is -2.41. The van der Waals surface area contributed by atoms with Crippen LogP contribution in [-0.4, -0.2) is 46.5 Å². The van der Waals surface area contributed by atoms with Gasteiger partial charge in [-0.15, -0.1) is 0 Å². The molecule has 1 saturated heterocycles. The lowest BCUT2D eigenvalue weighted by molar-refractivity contribution is -0.385. The molecular formula is C10H12N2O5S2. The SMILES string of the molecule is O=[N+]([O-])c1cccc(S(=O)(=O)N2CCS(=O)CC2)c1. The normalized spacial score (nSPS) is 18.3. The molecule has 0 radical (unpaired) electrons. The number of hydrogen-bond acceptors (Lipinski definition) is 5. The molecule has 1 heterocycles. The predicted octanol–water partition coefficient (Wildman–Crippen LogP) is 0.348. The molecule has 0 spiro atoms. The zero-order valence-electron chi connectivity index (χ0n) is 9.89. The van der Waals surface area contributed by atoms with Crippen LogP contribution in [-0.2, 0) is 20.8 Å². The topological polar surface area (TPSA) is 97.6 Å². The fourth-order valence-electron chi connectivity index (χ4n) is 1.77. The van der Waals surface area contributed by atoms with Gasteiger partial charge in [-0.3, -0.25) is 14.3 Å². The van der Waals surface area contributed by atoms with E-state index in [4.69, 9.17) is 0 Å². The Morgan fingerprint density at radius 2 is 1.89 bits per heavy atom. The Kier molecular flexibility index (Phi) is 3.97. The Morgan fingerprint density at radius 3 is 2.47 bits per heavy atom. The van der Waals surface area contributed by atoms with Gasteiger partial charge in [0.1, 0.15) is 0 Å². The lowest BCUT2D eigenvalue weighted by atomic mass is 10.3. The molecule has 1 aromatic carbocycles. The molecule has 19 heavy (non-hydrogen) atoms. The Hall–Kier alpha value is -1.32. The Morgan fingerprint density at radius 1 is 1.26 bits per heavy atom. The van der Waals surface area contributed by atoms with Crippen LogP contribution in [0.1, 0.15) is 0 Å². The van der Waals surface area contributed by atoms with Crippen LogP contribution in [0.15, 0.2) is 29.2 Å². The molecule has 0 saturated carbocycles. The van der Waals surface area contributed by atoms with Crippen molar-refractivity contribution >= 4 is 26.5 Å². The maximum atomic E-state index is 12.3. The van der Waals surface area contributed by atoms with Crippen molar-refractivity contribution in [2.24, 2.45) is 0 Å². The second-order valence-electron chi connectivity index (χ2n) is 4.01. The number of nitrogens with zero attached hydrogens (tertiary/aromatic N) is 2. The van der Waals surface area contributed by atoms with Gasteiger partial charge in [-0.1, -0.05) is 6.07 Å². The molecule has 0 aromatic heterocycles. The summed E-state index contributed by atoms with van der Waals surface area (Å²) < 4.78 is 37.0. The van der Waals surface area contributed by atoms with Crippen LogP contribution in [0.4, 0.5) is 5.69 Å². The molecule has 2 rings (SSSR count). The van der Waals surface area contributed by atoms with Crippen LogP contribution in [0.2, 0.25) is 0 Å². The van der Waals surface area contributed by atoms with E-state index < -0.39 is 25.7 Å².